The summed E-state index contributed by atoms with van der Waals surface area (Å²) in [5.74, 6) is 0. The Morgan fingerprint density at radius 3 is 3.07 bits per heavy atom. The Bertz CT molecular complexity index is 197. The number of nitrogens with zero attached hydrogens (tertiary/aromatic N) is 1. The lowest BCUT2D eigenvalue weighted by Gasteiger charge is -2.48. The second kappa shape index (κ2) is 4.31. The molecule has 2 heterocycles. The van der Waals surface area contributed by atoms with Gasteiger partial charge in [-0.3, -0.25) is 4.57 Å². The standard InChI is InChI=1S/C10H21NO2Si/c1-3-12-14(2)11-8-5-4-6-10(11)7-9-13-14/h10H,3-9H2,1-2H3. The fraction of sp³-hybridized carbons (Fsp3) is 1.00. The minimum absolute atomic E-state index is 0.751. The highest BCUT2D eigenvalue weighted by atomic mass is 28.4. The van der Waals surface area contributed by atoms with Gasteiger partial charge in [0.15, 0.2) is 0 Å². The summed E-state index contributed by atoms with van der Waals surface area (Å²) in [4.78, 5) is 0. The van der Waals surface area contributed by atoms with Crippen LogP contribution in [-0.2, 0) is 8.85 Å². The third-order valence-corrected chi connectivity index (χ3v) is 6.58. The third kappa shape index (κ3) is 1.89. The van der Waals surface area contributed by atoms with Crippen LogP contribution in [0.4, 0.5) is 0 Å². The fourth-order valence-electron chi connectivity index (χ4n) is 2.70. The van der Waals surface area contributed by atoms with Crippen LogP contribution in [0.25, 0.3) is 0 Å². The maximum atomic E-state index is 5.92. The maximum absolute atomic E-state index is 5.92. The van der Waals surface area contributed by atoms with Crippen LogP contribution in [0.3, 0.4) is 0 Å². The lowest BCUT2D eigenvalue weighted by molar-refractivity contribution is 0.0401. The van der Waals surface area contributed by atoms with Gasteiger partial charge in [-0.05, 0) is 39.3 Å². The first-order chi connectivity index (χ1) is 6.76. The molecule has 2 rings (SSSR count). The Morgan fingerprint density at radius 2 is 2.29 bits per heavy atom. The first kappa shape index (κ1) is 10.6. The van der Waals surface area contributed by atoms with Crippen LogP contribution in [0.15, 0.2) is 0 Å². The Balaban J connectivity index is 2.07. The molecule has 0 aromatic carbocycles. The van der Waals surface area contributed by atoms with Gasteiger partial charge in [0.1, 0.15) is 0 Å². The van der Waals surface area contributed by atoms with Crippen LogP contribution in [0.1, 0.15) is 32.6 Å². The van der Waals surface area contributed by atoms with E-state index in [1.54, 1.807) is 0 Å². The molecule has 0 radical (unpaired) electrons. The lowest BCUT2D eigenvalue weighted by atomic mass is 10.0. The number of rotatable bonds is 2. The second-order valence-electron chi connectivity index (χ2n) is 4.31. The summed E-state index contributed by atoms with van der Waals surface area (Å²) in [6.45, 7) is 7.15. The summed E-state index contributed by atoms with van der Waals surface area (Å²) in [6.07, 6.45) is 5.25. The van der Waals surface area contributed by atoms with E-state index in [0.29, 0.717) is 0 Å². The van der Waals surface area contributed by atoms with E-state index < -0.39 is 8.72 Å². The van der Waals surface area contributed by atoms with Gasteiger partial charge >= 0.3 is 8.72 Å². The maximum Gasteiger partial charge on any atom is 0.424 e. The highest BCUT2D eigenvalue weighted by Crippen LogP contribution is 2.30. The molecule has 0 saturated carbocycles. The molecule has 2 aliphatic heterocycles. The molecule has 4 heteroatoms. The van der Waals surface area contributed by atoms with Crippen molar-refractivity contribution in [2.24, 2.45) is 0 Å². The Kier molecular flexibility index (Phi) is 3.26. The van der Waals surface area contributed by atoms with Crippen molar-refractivity contribution < 1.29 is 8.85 Å². The van der Waals surface area contributed by atoms with Crippen molar-refractivity contribution in [3.05, 3.63) is 0 Å². The quantitative estimate of drug-likeness (QED) is 0.656. The summed E-state index contributed by atoms with van der Waals surface area (Å²) < 4.78 is 14.3. The molecule has 0 amide bonds. The molecule has 0 bridgehead atoms. The molecule has 3 nitrogen and oxygen atoms in total. The summed E-state index contributed by atoms with van der Waals surface area (Å²) in [5.41, 5.74) is 0. The fourth-order valence-corrected chi connectivity index (χ4v) is 5.63. The van der Waals surface area contributed by atoms with Crippen molar-refractivity contribution in [3.63, 3.8) is 0 Å². The molecule has 0 aromatic rings. The third-order valence-electron chi connectivity index (χ3n) is 3.38. The highest BCUT2D eigenvalue weighted by Gasteiger charge is 2.46. The zero-order chi connectivity index (χ0) is 10.0. The summed E-state index contributed by atoms with van der Waals surface area (Å²) >= 11 is 0. The molecule has 2 aliphatic rings. The minimum Gasteiger partial charge on any atom is -0.383 e. The molecule has 2 unspecified atom stereocenters. The van der Waals surface area contributed by atoms with Crippen molar-refractivity contribution >= 4 is 8.72 Å². The normalized spacial score (nSPS) is 39.4. The largest absolute Gasteiger partial charge is 0.424 e. The van der Waals surface area contributed by atoms with E-state index in [2.05, 4.69) is 18.0 Å². The smallest absolute Gasteiger partial charge is 0.383 e. The van der Waals surface area contributed by atoms with Gasteiger partial charge in [-0.2, -0.15) is 0 Å². The van der Waals surface area contributed by atoms with Crippen LogP contribution >= 0.6 is 0 Å². The van der Waals surface area contributed by atoms with Crippen LogP contribution in [-0.4, -0.2) is 39.1 Å². The predicted molar refractivity (Wildman–Crippen MR) is 58.2 cm³/mol. The molecule has 0 spiro atoms. The van der Waals surface area contributed by atoms with Gasteiger partial charge in [-0.15, -0.1) is 0 Å². The summed E-state index contributed by atoms with van der Waals surface area (Å²) in [6, 6.07) is 0.751. The topological polar surface area (TPSA) is 21.7 Å². The first-order valence-corrected chi connectivity index (χ1v) is 8.07. The van der Waals surface area contributed by atoms with E-state index in [0.717, 1.165) is 19.3 Å². The van der Waals surface area contributed by atoms with Gasteiger partial charge in [0, 0.05) is 19.3 Å². The minimum atomic E-state index is -1.97. The van der Waals surface area contributed by atoms with Crippen LogP contribution in [0.2, 0.25) is 6.55 Å². The molecular formula is C10H21NO2Si. The molecular weight excluding hydrogens is 194 g/mol. The van der Waals surface area contributed by atoms with Gasteiger partial charge < -0.3 is 8.85 Å². The monoisotopic (exact) mass is 215 g/mol. The van der Waals surface area contributed by atoms with Gasteiger partial charge in [-0.1, -0.05) is 6.42 Å². The molecule has 82 valence electrons. The Labute approximate surface area is 87.7 Å². The summed E-state index contributed by atoms with van der Waals surface area (Å²) in [7, 11) is -1.97. The van der Waals surface area contributed by atoms with E-state index >= 15 is 0 Å². The SMILES string of the molecule is CCO[Si]1(C)OCCC2CCCCN21. The molecule has 0 aromatic heterocycles. The Morgan fingerprint density at radius 1 is 1.43 bits per heavy atom. The molecule has 0 N–H and O–H groups in total. The van der Waals surface area contributed by atoms with Crippen molar-refractivity contribution in [2.75, 3.05) is 19.8 Å². The van der Waals surface area contributed by atoms with Crippen molar-refractivity contribution in [2.45, 2.75) is 45.2 Å². The predicted octanol–water partition coefficient (Wildman–Crippen LogP) is 1.87. The average Bonchev–Trinajstić information content (AvgIpc) is 2.19. The van der Waals surface area contributed by atoms with Crippen LogP contribution in [0.5, 0.6) is 0 Å². The summed E-state index contributed by atoms with van der Waals surface area (Å²) in [5, 5.41) is 0. The van der Waals surface area contributed by atoms with Gasteiger partial charge in [0.05, 0.1) is 0 Å². The number of piperidine rings is 1. The van der Waals surface area contributed by atoms with E-state index in [1.165, 1.54) is 32.2 Å². The van der Waals surface area contributed by atoms with Gasteiger partial charge in [0.2, 0.25) is 0 Å². The van der Waals surface area contributed by atoms with Crippen LogP contribution < -0.4 is 0 Å². The Hall–Kier alpha value is 0.0969. The first-order valence-electron chi connectivity index (χ1n) is 5.81. The molecule has 2 atom stereocenters. The zero-order valence-electron chi connectivity index (χ0n) is 9.29. The van der Waals surface area contributed by atoms with Gasteiger partial charge in [0.25, 0.3) is 0 Å². The highest BCUT2D eigenvalue weighted by molar-refractivity contribution is 6.63. The van der Waals surface area contributed by atoms with Gasteiger partial charge in [-0.25, -0.2) is 0 Å². The molecule has 0 aliphatic carbocycles. The number of hydrogen-bond donors (Lipinski definition) is 0. The molecule has 2 fully saturated rings. The van der Waals surface area contributed by atoms with E-state index in [-0.39, 0.29) is 0 Å². The number of hydrogen-bond acceptors (Lipinski definition) is 3. The van der Waals surface area contributed by atoms with E-state index in [1.807, 2.05) is 0 Å². The van der Waals surface area contributed by atoms with Crippen molar-refractivity contribution in [1.29, 1.82) is 0 Å². The zero-order valence-corrected chi connectivity index (χ0v) is 10.3. The number of fused-ring (bicyclic) bond motifs is 1. The molecule has 14 heavy (non-hydrogen) atoms. The lowest BCUT2D eigenvalue weighted by Crippen LogP contribution is -2.64. The van der Waals surface area contributed by atoms with E-state index in [4.69, 9.17) is 8.85 Å². The molecule has 2 saturated heterocycles. The van der Waals surface area contributed by atoms with Crippen molar-refractivity contribution in [1.82, 2.24) is 4.57 Å². The van der Waals surface area contributed by atoms with Crippen molar-refractivity contribution in [3.8, 4) is 0 Å². The van der Waals surface area contributed by atoms with E-state index in [9.17, 15) is 0 Å². The average molecular weight is 215 g/mol. The van der Waals surface area contributed by atoms with Crippen LogP contribution in [0, 0.1) is 0 Å². The second-order valence-corrected chi connectivity index (χ2v) is 7.26.